The van der Waals surface area contributed by atoms with Gasteiger partial charge in [0.15, 0.2) is 0 Å². The molecular weight excluding hydrogens is 345 g/mol. The number of carbonyl (C=O) groups excluding carboxylic acids is 2. The van der Waals surface area contributed by atoms with Gasteiger partial charge in [-0.1, -0.05) is 18.7 Å². The summed E-state index contributed by atoms with van der Waals surface area (Å²) in [4.78, 5) is 22.9. The summed E-state index contributed by atoms with van der Waals surface area (Å²) in [6, 6.07) is 7.24. The number of hydrogen-bond acceptors (Lipinski definition) is 2. The maximum absolute atomic E-state index is 14.0. The summed E-state index contributed by atoms with van der Waals surface area (Å²) in [6.45, 7) is 3.38. The fourth-order valence-corrected chi connectivity index (χ4v) is 1.99. The highest BCUT2D eigenvalue weighted by atomic mass is 19.1. The Kier molecular flexibility index (Phi) is 6.32. The Morgan fingerprint density at radius 3 is 2.35 bits per heavy atom. The molecule has 26 heavy (non-hydrogen) atoms. The van der Waals surface area contributed by atoms with Crippen LogP contribution in [-0.2, 0) is 16.1 Å². The molecule has 0 atom stereocenters. The molecule has 2 aromatic rings. The fourth-order valence-electron chi connectivity index (χ4n) is 1.99. The second-order valence-corrected chi connectivity index (χ2v) is 5.22. The quantitative estimate of drug-likeness (QED) is 0.774. The number of amides is 2. The monoisotopic (exact) mass is 360 g/mol. The molecule has 4 nitrogen and oxygen atoms in total. The highest BCUT2D eigenvalue weighted by molar-refractivity contribution is 5.99. The molecule has 0 radical (unpaired) electrons. The second-order valence-electron chi connectivity index (χ2n) is 5.22. The van der Waals surface area contributed by atoms with Crippen LogP contribution in [0.25, 0.3) is 6.08 Å². The Labute approximate surface area is 148 Å². The van der Waals surface area contributed by atoms with Gasteiger partial charge in [0, 0.05) is 24.3 Å². The molecule has 2 rings (SSSR count). The summed E-state index contributed by atoms with van der Waals surface area (Å²) in [5.41, 5.74) is 0.203. The fraction of sp³-hybridized carbons (Fsp3) is 0.0526. The normalized spacial score (nSPS) is 10.6. The van der Waals surface area contributed by atoms with Gasteiger partial charge in [-0.05, 0) is 35.9 Å². The van der Waals surface area contributed by atoms with E-state index in [1.807, 2.05) is 0 Å². The summed E-state index contributed by atoms with van der Waals surface area (Å²) >= 11 is 0. The average Bonchev–Trinajstić information content (AvgIpc) is 2.62. The SMILES string of the molecule is C=CC(=O)Nc1cc(F)c(/C=C/C(=O)NCc2ccc(F)cc2)cc1F. The van der Waals surface area contributed by atoms with E-state index in [0.29, 0.717) is 5.56 Å². The first-order valence-corrected chi connectivity index (χ1v) is 7.52. The zero-order valence-electron chi connectivity index (χ0n) is 13.6. The first-order valence-electron chi connectivity index (χ1n) is 7.52. The van der Waals surface area contributed by atoms with Gasteiger partial charge in [-0.25, -0.2) is 13.2 Å². The van der Waals surface area contributed by atoms with Gasteiger partial charge in [0.1, 0.15) is 17.5 Å². The lowest BCUT2D eigenvalue weighted by atomic mass is 10.1. The van der Waals surface area contributed by atoms with E-state index in [-0.39, 0.29) is 23.6 Å². The first kappa shape index (κ1) is 19.0. The van der Waals surface area contributed by atoms with E-state index in [2.05, 4.69) is 17.2 Å². The van der Waals surface area contributed by atoms with Crippen molar-refractivity contribution in [3.8, 4) is 0 Å². The van der Waals surface area contributed by atoms with Gasteiger partial charge in [-0.2, -0.15) is 0 Å². The highest BCUT2D eigenvalue weighted by Gasteiger charge is 2.10. The van der Waals surface area contributed by atoms with Crippen molar-refractivity contribution in [3.63, 3.8) is 0 Å². The van der Waals surface area contributed by atoms with Gasteiger partial charge in [-0.3, -0.25) is 9.59 Å². The molecule has 0 saturated carbocycles. The van der Waals surface area contributed by atoms with E-state index < -0.39 is 23.4 Å². The zero-order valence-corrected chi connectivity index (χ0v) is 13.6. The van der Waals surface area contributed by atoms with Gasteiger partial charge in [0.25, 0.3) is 0 Å². The number of hydrogen-bond donors (Lipinski definition) is 2. The summed E-state index contributed by atoms with van der Waals surface area (Å²) in [7, 11) is 0. The molecule has 0 saturated heterocycles. The van der Waals surface area contributed by atoms with Crippen LogP contribution in [0.15, 0.2) is 55.1 Å². The third kappa shape index (κ3) is 5.34. The highest BCUT2D eigenvalue weighted by Crippen LogP contribution is 2.20. The topological polar surface area (TPSA) is 58.2 Å². The number of halogens is 3. The van der Waals surface area contributed by atoms with Crippen LogP contribution in [0, 0.1) is 17.5 Å². The largest absolute Gasteiger partial charge is 0.348 e. The molecule has 7 heteroatoms. The molecule has 2 N–H and O–H groups in total. The minimum Gasteiger partial charge on any atom is -0.348 e. The molecule has 2 amide bonds. The van der Waals surface area contributed by atoms with Gasteiger partial charge in [-0.15, -0.1) is 0 Å². The predicted octanol–water partition coefficient (Wildman–Crippen LogP) is 3.56. The maximum atomic E-state index is 14.0. The third-order valence-electron chi connectivity index (χ3n) is 3.32. The lowest BCUT2D eigenvalue weighted by Gasteiger charge is -2.06. The van der Waals surface area contributed by atoms with Crippen LogP contribution >= 0.6 is 0 Å². The van der Waals surface area contributed by atoms with Crippen LogP contribution in [0.2, 0.25) is 0 Å². The zero-order chi connectivity index (χ0) is 19.1. The molecule has 134 valence electrons. The van der Waals surface area contributed by atoms with Crippen molar-refractivity contribution in [1.29, 1.82) is 0 Å². The maximum Gasteiger partial charge on any atom is 0.247 e. The number of nitrogens with one attached hydrogen (secondary N) is 2. The lowest BCUT2D eigenvalue weighted by molar-refractivity contribution is -0.116. The lowest BCUT2D eigenvalue weighted by Crippen LogP contribution is -2.20. The number of carbonyl (C=O) groups is 2. The molecule has 0 aromatic heterocycles. The van der Waals surface area contributed by atoms with Crippen LogP contribution < -0.4 is 10.6 Å². The summed E-state index contributed by atoms with van der Waals surface area (Å²) in [5.74, 6) is -3.25. The number of anilines is 1. The molecule has 0 spiro atoms. The Bertz CT molecular complexity index is 862. The van der Waals surface area contributed by atoms with Gasteiger partial charge in [0.05, 0.1) is 5.69 Å². The van der Waals surface area contributed by atoms with Gasteiger partial charge >= 0.3 is 0 Å². The molecule has 0 bridgehead atoms. The molecule has 0 aliphatic carbocycles. The van der Waals surface area contributed by atoms with Crippen molar-refractivity contribution < 1.29 is 22.8 Å². The van der Waals surface area contributed by atoms with Crippen LogP contribution in [-0.4, -0.2) is 11.8 Å². The van der Waals surface area contributed by atoms with Crippen molar-refractivity contribution in [1.82, 2.24) is 5.32 Å². The second kappa shape index (κ2) is 8.66. The number of rotatable bonds is 6. The predicted molar refractivity (Wildman–Crippen MR) is 92.5 cm³/mol. The Hall–Kier alpha value is -3.35. The first-order chi connectivity index (χ1) is 12.4. The molecule has 0 unspecified atom stereocenters. The smallest absolute Gasteiger partial charge is 0.247 e. The molecular formula is C19H15F3N2O2. The Balaban J connectivity index is 2.01. The Morgan fingerprint density at radius 2 is 1.69 bits per heavy atom. The molecule has 0 fully saturated rings. The van der Waals surface area contributed by atoms with Crippen LogP contribution in [0.4, 0.5) is 18.9 Å². The van der Waals surface area contributed by atoms with Crippen LogP contribution in [0.1, 0.15) is 11.1 Å². The van der Waals surface area contributed by atoms with Crippen molar-refractivity contribution in [2.45, 2.75) is 6.54 Å². The average molecular weight is 360 g/mol. The standard InChI is InChI=1S/C19H15F3N2O2/c1-2-18(25)24-17-10-15(21)13(9-16(17)22)5-8-19(26)23-11-12-3-6-14(20)7-4-12/h2-10H,1,11H2,(H,23,26)(H,24,25)/b8-5+. The van der Waals surface area contributed by atoms with E-state index >= 15 is 0 Å². The van der Waals surface area contributed by atoms with E-state index in [4.69, 9.17) is 0 Å². The summed E-state index contributed by atoms with van der Waals surface area (Å²) in [6.07, 6.45) is 3.08. The van der Waals surface area contributed by atoms with E-state index in [1.54, 1.807) is 0 Å². The van der Waals surface area contributed by atoms with Crippen molar-refractivity contribution in [3.05, 3.63) is 83.7 Å². The van der Waals surface area contributed by atoms with Crippen LogP contribution in [0.5, 0.6) is 0 Å². The Morgan fingerprint density at radius 1 is 1.00 bits per heavy atom. The van der Waals surface area contributed by atoms with Crippen LogP contribution in [0.3, 0.4) is 0 Å². The van der Waals surface area contributed by atoms with E-state index in [9.17, 15) is 22.8 Å². The molecule has 0 aliphatic rings. The molecule has 0 heterocycles. The van der Waals surface area contributed by atoms with Crippen molar-refractivity contribution in [2.24, 2.45) is 0 Å². The summed E-state index contributed by atoms with van der Waals surface area (Å²) < 4.78 is 40.6. The van der Waals surface area contributed by atoms with Crippen molar-refractivity contribution in [2.75, 3.05) is 5.32 Å². The summed E-state index contributed by atoms with van der Waals surface area (Å²) in [5, 5.41) is 4.67. The third-order valence-corrected chi connectivity index (χ3v) is 3.32. The minimum atomic E-state index is -0.854. The van der Waals surface area contributed by atoms with Crippen molar-refractivity contribution >= 4 is 23.6 Å². The van der Waals surface area contributed by atoms with E-state index in [0.717, 1.165) is 30.4 Å². The van der Waals surface area contributed by atoms with Gasteiger partial charge < -0.3 is 10.6 Å². The van der Waals surface area contributed by atoms with E-state index in [1.165, 1.54) is 24.3 Å². The number of benzene rings is 2. The molecule has 2 aromatic carbocycles. The molecule has 0 aliphatic heterocycles. The minimum absolute atomic E-state index is 0.156. The van der Waals surface area contributed by atoms with Gasteiger partial charge in [0.2, 0.25) is 11.8 Å².